The molecule has 7 nitrogen and oxygen atoms in total. The SMILES string of the molecule is CCOc1cc(C=C2SC(=O)N(CC(=O)N3CCCC3)C2=O)ccc1OCc1ccc(F)cc1. The van der Waals surface area contributed by atoms with Crippen LogP contribution in [0.2, 0.25) is 0 Å². The lowest BCUT2D eigenvalue weighted by molar-refractivity contribution is -0.135. The average Bonchev–Trinajstić information content (AvgIpc) is 3.45. The van der Waals surface area contributed by atoms with Crippen molar-refractivity contribution in [1.29, 1.82) is 0 Å². The summed E-state index contributed by atoms with van der Waals surface area (Å²) in [5.41, 5.74) is 1.47. The number of nitrogens with zero attached hydrogens (tertiary/aromatic N) is 2. The lowest BCUT2D eigenvalue weighted by Crippen LogP contribution is -2.40. The number of likely N-dealkylation sites (tertiary alicyclic amines) is 1. The van der Waals surface area contributed by atoms with Gasteiger partial charge in [-0.3, -0.25) is 19.3 Å². The van der Waals surface area contributed by atoms with Gasteiger partial charge in [0.05, 0.1) is 11.5 Å². The number of amides is 3. The van der Waals surface area contributed by atoms with Gasteiger partial charge in [-0.25, -0.2) is 4.39 Å². The summed E-state index contributed by atoms with van der Waals surface area (Å²) in [4.78, 5) is 40.5. The Morgan fingerprint density at radius 1 is 1.06 bits per heavy atom. The van der Waals surface area contributed by atoms with Gasteiger partial charge in [-0.15, -0.1) is 0 Å². The Labute approximate surface area is 201 Å². The lowest BCUT2D eigenvalue weighted by atomic mass is 10.1. The monoisotopic (exact) mass is 484 g/mol. The molecular weight excluding hydrogens is 459 g/mol. The van der Waals surface area contributed by atoms with Crippen LogP contribution >= 0.6 is 11.8 Å². The van der Waals surface area contributed by atoms with Crippen molar-refractivity contribution in [1.82, 2.24) is 9.80 Å². The van der Waals surface area contributed by atoms with E-state index in [1.807, 2.05) is 6.92 Å². The fourth-order valence-corrected chi connectivity index (χ4v) is 4.57. The first-order chi connectivity index (χ1) is 16.4. The Bertz CT molecular complexity index is 1110. The van der Waals surface area contributed by atoms with E-state index in [0.717, 1.165) is 35.1 Å². The van der Waals surface area contributed by atoms with Crippen molar-refractivity contribution in [3.05, 3.63) is 64.3 Å². The van der Waals surface area contributed by atoms with E-state index in [2.05, 4.69) is 0 Å². The molecule has 178 valence electrons. The normalized spacial score (nSPS) is 17.1. The van der Waals surface area contributed by atoms with E-state index in [1.165, 1.54) is 12.1 Å². The molecule has 2 saturated heterocycles. The van der Waals surface area contributed by atoms with Gasteiger partial charge in [0, 0.05) is 13.1 Å². The van der Waals surface area contributed by atoms with Gasteiger partial charge in [0.15, 0.2) is 11.5 Å². The highest BCUT2D eigenvalue weighted by molar-refractivity contribution is 8.18. The van der Waals surface area contributed by atoms with Crippen LogP contribution in [0, 0.1) is 5.82 Å². The topological polar surface area (TPSA) is 76.2 Å². The van der Waals surface area contributed by atoms with Gasteiger partial charge in [0.25, 0.3) is 11.1 Å². The number of halogens is 1. The molecular formula is C25H25FN2O5S. The summed E-state index contributed by atoms with van der Waals surface area (Å²) in [7, 11) is 0. The van der Waals surface area contributed by atoms with Gasteiger partial charge in [-0.1, -0.05) is 18.2 Å². The van der Waals surface area contributed by atoms with Gasteiger partial charge in [-0.2, -0.15) is 0 Å². The molecule has 0 aromatic heterocycles. The standard InChI is InChI=1S/C25H25FN2O5S/c1-2-32-21-13-18(7-10-20(21)33-16-17-5-8-19(26)9-6-17)14-22-24(30)28(25(31)34-22)15-23(29)27-11-3-4-12-27/h5-10,13-14H,2-4,11-12,15-16H2,1H3. The number of thioether (sulfide) groups is 1. The molecule has 34 heavy (non-hydrogen) atoms. The summed E-state index contributed by atoms with van der Waals surface area (Å²) >= 11 is 0.818. The van der Waals surface area contributed by atoms with Crippen molar-refractivity contribution >= 4 is 34.9 Å². The summed E-state index contributed by atoms with van der Waals surface area (Å²) in [5, 5.41) is -0.451. The molecule has 2 aliphatic heterocycles. The van der Waals surface area contributed by atoms with Gasteiger partial charge in [0.1, 0.15) is 19.0 Å². The van der Waals surface area contributed by atoms with E-state index in [4.69, 9.17) is 9.47 Å². The number of benzene rings is 2. The molecule has 2 aromatic rings. The molecule has 4 rings (SSSR count). The molecule has 0 saturated carbocycles. The van der Waals surface area contributed by atoms with Crippen molar-refractivity contribution in [3.8, 4) is 11.5 Å². The van der Waals surface area contributed by atoms with Crippen LogP contribution in [-0.4, -0.2) is 53.1 Å². The van der Waals surface area contributed by atoms with Crippen LogP contribution in [0.1, 0.15) is 30.9 Å². The number of hydrogen-bond donors (Lipinski definition) is 0. The highest BCUT2D eigenvalue weighted by Crippen LogP contribution is 2.35. The van der Waals surface area contributed by atoms with E-state index < -0.39 is 11.1 Å². The highest BCUT2D eigenvalue weighted by Gasteiger charge is 2.37. The number of hydrogen-bond acceptors (Lipinski definition) is 6. The molecule has 2 heterocycles. The van der Waals surface area contributed by atoms with Crippen LogP contribution in [0.15, 0.2) is 47.4 Å². The first kappa shape index (κ1) is 23.8. The van der Waals surface area contributed by atoms with Crippen LogP contribution in [0.4, 0.5) is 9.18 Å². The molecule has 9 heteroatoms. The largest absolute Gasteiger partial charge is 0.490 e. The van der Waals surface area contributed by atoms with Gasteiger partial charge < -0.3 is 14.4 Å². The fraction of sp³-hybridized carbons (Fsp3) is 0.320. The third-order valence-electron chi connectivity index (χ3n) is 5.50. The molecule has 0 aliphatic carbocycles. The molecule has 0 atom stereocenters. The van der Waals surface area contributed by atoms with E-state index in [-0.39, 0.29) is 29.8 Å². The van der Waals surface area contributed by atoms with E-state index >= 15 is 0 Å². The van der Waals surface area contributed by atoms with E-state index in [9.17, 15) is 18.8 Å². The molecule has 0 bridgehead atoms. The van der Waals surface area contributed by atoms with E-state index in [1.54, 1.807) is 41.3 Å². The molecule has 0 unspecified atom stereocenters. The first-order valence-electron chi connectivity index (χ1n) is 11.1. The predicted molar refractivity (Wildman–Crippen MR) is 127 cm³/mol. The lowest BCUT2D eigenvalue weighted by Gasteiger charge is -2.18. The summed E-state index contributed by atoms with van der Waals surface area (Å²) in [6.45, 7) is 3.60. The van der Waals surface area contributed by atoms with Gasteiger partial charge in [0.2, 0.25) is 5.91 Å². The molecule has 2 aliphatic rings. The summed E-state index contributed by atoms with van der Waals surface area (Å²) in [6, 6.07) is 11.2. The fourth-order valence-electron chi connectivity index (χ4n) is 3.73. The average molecular weight is 485 g/mol. The van der Waals surface area contributed by atoms with Crippen molar-refractivity contribution in [2.45, 2.75) is 26.4 Å². The van der Waals surface area contributed by atoms with E-state index in [0.29, 0.717) is 36.8 Å². The minimum Gasteiger partial charge on any atom is -0.490 e. The van der Waals surface area contributed by atoms with Crippen molar-refractivity contribution in [2.24, 2.45) is 0 Å². The smallest absolute Gasteiger partial charge is 0.294 e. The predicted octanol–water partition coefficient (Wildman–Crippen LogP) is 4.46. The van der Waals surface area contributed by atoms with Crippen LogP contribution in [-0.2, 0) is 16.2 Å². The number of ether oxygens (including phenoxy) is 2. The minimum atomic E-state index is -0.475. The van der Waals surface area contributed by atoms with Gasteiger partial charge in [-0.05, 0) is 73.0 Å². The Balaban J connectivity index is 1.46. The molecule has 0 spiro atoms. The van der Waals surface area contributed by atoms with Crippen LogP contribution < -0.4 is 9.47 Å². The number of carbonyl (C=O) groups is 3. The maximum absolute atomic E-state index is 13.1. The van der Waals surface area contributed by atoms with Crippen LogP contribution in [0.3, 0.4) is 0 Å². The van der Waals surface area contributed by atoms with Gasteiger partial charge >= 0.3 is 0 Å². The molecule has 2 fully saturated rings. The minimum absolute atomic E-state index is 0.206. The Morgan fingerprint density at radius 3 is 2.50 bits per heavy atom. The zero-order chi connectivity index (χ0) is 24.1. The third-order valence-corrected chi connectivity index (χ3v) is 6.41. The zero-order valence-corrected chi connectivity index (χ0v) is 19.6. The molecule has 0 N–H and O–H groups in total. The summed E-state index contributed by atoms with van der Waals surface area (Å²) in [5.74, 6) is 0.00172. The number of imide groups is 1. The molecule has 3 amide bonds. The maximum Gasteiger partial charge on any atom is 0.294 e. The molecule has 2 aromatic carbocycles. The number of rotatable bonds is 8. The summed E-state index contributed by atoms with van der Waals surface area (Å²) < 4.78 is 24.6. The highest BCUT2D eigenvalue weighted by atomic mass is 32.2. The molecule has 0 radical (unpaired) electrons. The van der Waals surface area contributed by atoms with Crippen molar-refractivity contribution in [2.75, 3.05) is 26.2 Å². The summed E-state index contributed by atoms with van der Waals surface area (Å²) in [6.07, 6.45) is 3.50. The second-order valence-corrected chi connectivity index (χ2v) is 8.90. The second kappa shape index (κ2) is 10.7. The van der Waals surface area contributed by atoms with Crippen molar-refractivity contribution < 1.29 is 28.2 Å². The Morgan fingerprint density at radius 2 is 1.79 bits per heavy atom. The maximum atomic E-state index is 13.1. The Kier molecular flexibility index (Phi) is 7.52. The van der Waals surface area contributed by atoms with Crippen molar-refractivity contribution in [3.63, 3.8) is 0 Å². The first-order valence-corrected chi connectivity index (χ1v) is 11.9. The quantitative estimate of drug-likeness (QED) is 0.515. The Hall–Kier alpha value is -3.33. The second-order valence-electron chi connectivity index (χ2n) is 7.91. The third kappa shape index (κ3) is 5.59. The number of carbonyl (C=O) groups excluding carboxylic acids is 3. The zero-order valence-electron chi connectivity index (χ0n) is 18.8. The van der Waals surface area contributed by atoms with Crippen LogP contribution in [0.25, 0.3) is 6.08 Å². The van der Waals surface area contributed by atoms with Crippen LogP contribution in [0.5, 0.6) is 11.5 Å².